The number of benzene rings is 1. The molecule has 0 saturated carbocycles. The molecule has 16 heavy (non-hydrogen) atoms. The van der Waals surface area contributed by atoms with Gasteiger partial charge in [-0.25, -0.2) is 0 Å². The van der Waals surface area contributed by atoms with E-state index in [1.807, 2.05) is 24.3 Å². The number of carbonyl (C=O) groups is 1. The highest BCUT2D eigenvalue weighted by atomic mass is 35.5. The molecule has 0 aliphatic carbocycles. The van der Waals surface area contributed by atoms with Crippen molar-refractivity contribution in [2.24, 2.45) is 0 Å². The van der Waals surface area contributed by atoms with Crippen LogP contribution in [0.4, 0.5) is 0 Å². The molecule has 3 nitrogen and oxygen atoms in total. The van der Waals surface area contributed by atoms with E-state index in [0.717, 1.165) is 4.90 Å². The van der Waals surface area contributed by atoms with E-state index in [2.05, 4.69) is 5.32 Å². The molecule has 0 aromatic heterocycles. The van der Waals surface area contributed by atoms with Crippen LogP contribution in [0.15, 0.2) is 29.2 Å². The highest BCUT2D eigenvalue weighted by molar-refractivity contribution is 7.99. The van der Waals surface area contributed by atoms with Gasteiger partial charge < -0.3 is 10.4 Å². The fraction of sp³-hybridized carbons (Fsp3) is 0.364. The second-order valence-electron chi connectivity index (χ2n) is 3.10. The van der Waals surface area contributed by atoms with Crippen molar-refractivity contribution in [2.45, 2.75) is 11.3 Å². The molecule has 1 amide bonds. The second-order valence-corrected chi connectivity index (χ2v) is 4.65. The SMILES string of the molecule is O=C(CCSc1ccccc1Cl)NCCO. The number of hydrogen-bond donors (Lipinski definition) is 2. The fourth-order valence-corrected chi connectivity index (χ4v) is 2.29. The molecule has 5 heteroatoms. The van der Waals surface area contributed by atoms with Crippen molar-refractivity contribution in [3.63, 3.8) is 0 Å². The number of hydrogen-bond acceptors (Lipinski definition) is 3. The number of aliphatic hydroxyl groups excluding tert-OH is 1. The van der Waals surface area contributed by atoms with Gasteiger partial charge in [-0.1, -0.05) is 23.7 Å². The van der Waals surface area contributed by atoms with Gasteiger partial charge in [-0.2, -0.15) is 0 Å². The molecule has 88 valence electrons. The van der Waals surface area contributed by atoms with Gasteiger partial charge >= 0.3 is 0 Å². The molecule has 1 aromatic carbocycles. The van der Waals surface area contributed by atoms with E-state index in [1.54, 1.807) is 11.8 Å². The molecule has 0 unspecified atom stereocenters. The number of rotatable bonds is 6. The highest BCUT2D eigenvalue weighted by Crippen LogP contribution is 2.26. The van der Waals surface area contributed by atoms with E-state index in [4.69, 9.17) is 16.7 Å². The molecule has 1 rings (SSSR count). The standard InChI is InChI=1S/C11H14ClNO2S/c12-9-3-1-2-4-10(9)16-8-5-11(15)13-6-7-14/h1-4,14H,5-8H2,(H,13,15). The van der Waals surface area contributed by atoms with Crippen molar-refractivity contribution < 1.29 is 9.90 Å². The number of nitrogens with one attached hydrogen (secondary N) is 1. The van der Waals surface area contributed by atoms with Gasteiger partial charge in [0.25, 0.3) is 0 Å². The van der Waals surface area contributed by atoms with Crippen molar-refractivity contribution in [1.82, 2.24) is 5.32 Å². The number of carbonyl (C=O) groups excluding carboxylic acids is 1. The molecule has 0 saturated heterocycles. The zero-order chi connectivity index (χ0) is 11.8. The molecule has 0 bridgehead atoms. The third kappa shape index (κ3) is 4.88. The zero-order valence-corrected chi connectivity index (χ0v) is 10.4. The Hall–Kier alpha value is -0.710. The van der Waals surface area contributed by atoms with Crippen molar-refractivity contribution in [3.05, 3.63) is 29.3 Å². The van der Waals surface area contributed by atoms with Gasteiger partial charge in [-0.15, -0.1) is 11.8 Å². The molecule has 0 radical (unpaired) electrons. The highest BCUT2D eigenvalue weighted by Gasteiger charge is 2.03. The van der Waals surface area contributed by atoms with E-state index in [-0.39, 0.29) is 12.5 Å². The minimum atomic E-state index is -0.0476. The van der Waals surface area contributed by atoms with Gasteiger partial charge in [0.05, 0.1) is 11.6 Å². The molecular weight excluding hydrogens is 246 g/mol. The van der Waals surface area contributed by atoms with Crippen LogP contribution in [0.3, 0.4) is 0 Å². The summed E-state index contributed by atoms with van der Waals surface area (Å²) in [6.07, 6.45) is 0.426. The summed E-state index contributed by atoms with van der Waals surface area (Å²) in [4.78, 5) is 12.2. The molecule has 0 atom stereocenters. The van der Waals surface area contributed by atoms with Gasteiger partial charge in [0.15, 0.2) is 0 Å². The van der Waals surface area contributed by atoms with Crippen LogP contribution in [-0.4, -0.2) is 29.9 Å². The van der Waals surface area contributed by atoms with Gasteiger partial charge in [0, 0.05) is 23.6 Å². The van der Waals surface area contributed by atoms with E-state index >= 15 is 0 Å². The molecule has 0 aliphatic heterocycles. The van der Waals surface area contributed by atoms with Gasteiger partial charge in [0.2, 0.25) is 5.91 Å². The van der Waals surface area contributed by atoms with Crippen molar-refractivity contribution in [1.29, 1.82) is 0 Å². The van der Waals surface area contributed by atoms with Crippen molar-refractivity contribution >= 4 is 29.3 Å². The molecule has 0 spiro atoms. The zero-order valence-electron chi connectivity index (χ0n) is 8.78. The lowest BCUT2D eigenvalue weighted by Gasteiger charge is -2.04. The van der Waals surface area contributed by atoms with Gasteiger partial charge in [-0.05, 0) is 12.1 Å². The predicted molar refractivity (Wildman–Crippen MR) is 66.9 cm³/mol. The van der Waals surface area contributed by atoms with Gasteiger partial charge in [0.1, 0.15) is 0 Å². The van der Waals surface area contributed by atoms with E-state index in [1.165, 1.54) is 0 Å². The summed E-state index contributed by atoms with van der Waals surface area (Å²) in [5, 5.41) is 11.8. The number of thioether (sulfide) groups is 1. The normalized spacial score (nSPS) is 10.1. The maximum Gasteiger partial charge on any atom is 0.220 e. The number of amides is 1. The van der Waals surface area contributed by atoms with E-state index in [0.29, 0.717) is 23.7 Å². The average Bonchev–Trinajstić information content (AvgIpc) is 2.29. The van der Waals surface area contributed by atoms with Crippen molar-refractivity contribution in [3.8, 4) is 0 Å². The average molecular weight is 260 g/mol. The van der Waals surface area contributed by atoms with E-state index < -0.39 is 0 Å². The maximum atomic E-state index is 11.2. The van der Waals surface area contributed by atoms with Crippen LogP contribution in [0.1, 0.15) is 6.42 Å². The molecular formula is C11H14ClNO2S. The first-order chi connectivity index (χ1) is 7.74. The summed E-state index contributed by atoms with van der Waals surface area (Å²) < 4.78 is 0. The first-order valence-electron chi connectivity index (χ1n) is 4.99. The first-order valence-corrected chi connectivity index (χ1v) is 6.35. The van der Waals surface area contributed by atoms with Crippen molar-refractivity contribution in [2.75, 3.05) is 18.9 Å². The van der Waals surface area contributed by atoms with Crippen LogP contribution in [0, 0.1) is 0 Å². The number of halogens is 1. The summed E-state index contributed by atoms with van der Waals surface area (Å²) >= 11 is 7.52. The maximum absolute atomic E-state index is 11.2. The Balaban J connectivity index is 2.25. The predicted octanol–water partition coefficient (Wildman–Crippen LogP) is 1.93. The summed E-state index contributed by atoms with van der Waals surface area (Å²) in [5.41, 5.74) is 0. The summed E-state index contributed by atoms with van der Waals surface area (Å²) in [6, 6.07) is 7.55. The first kappa shape index (κ1) is 13.4. The topological polar surface area (TPSA) is 49.3 Å². The minimum absolute atomic E-state index is 0.0244. The molecule has 0 fully saturated rings. The Kier molecular flexibility index (Phi) is 6.30. The summed E-state index contributed by atoms with van der Waals surface area (Å²) in [5.74, 6) is 0.634. The van der Waals surface area contributed by atoms with Gasteiger partial charge in [-0.3, -0.25) is 4.79 Å². The lowest BCUT2D eigenvalue weighted by Crippen LogP contribution is -2.26. The van der Waals surface area contributed by atoms with Crippen LogP contribution in [0.25, 0.3) is 0 Å². The Morgan fingerprint density at radius 1 is 1.44 bits per heavy atom. The third-order valence-corrected chi connectivity index (χ3v) is 3.37. The fourth-order valence-electron chi connectivity index (χ4n) is 1.10. The van der Waals surface area contributed by atoms with E-state index in [9.17, 15) is 4.79 Å². The number of aliphatic hydroxyl groups is 1. The smallest absolute Gasteiger partial charge is 0.220 e. The molecule has 1 aromatic rings. The third-order valence-electron chi connectivity index (χ3n) is 1.86. The Labute approximate surface area is 104 Å². The molecule has 2 N–H and O–H groups in total. The lowest BCUT2D eigenvalue weighted by atomic mass is 10.4. The quantitative estimate of drug-likeness (QED) is 0.768. The summed E-state index contributed by atoms with van der Waals surface area (Å²) in [6.45, 7) is 0.291. The Morgan fingerprint density at radius 2 is 2.19 bits per heavy atom. The monoisotopic (exact) mass is 259 g/mol. The largest absolute Gasteiger partial charge is 0.395 e. The van der Waals surface area contributed by atoms with Crippen LogP contribution >= 0.6 is 23.4 Å². The lowest BCUT2D eigenvalue weighted by molar-refractivity contribution is -0.120. The van der Waals surface area contributed by atoms with Crippen LogP contribution in [0.5, 0.6) is 0 Å². The molecule has 0 heterocycles. The van der Waals surface area contributed by atoms with Crippen LogP contribution in [0.2, 0.25) is 5.02 Å². The van der Waals surface area contributed by atoms with Crippen LogP contribution in [-0.2, 0) is 4.79 Å². The minimum Gasteiger partial charge on any atom is -0.395 e. The Bertz CT molecular complexity index is 347. The molecule has 0 aliphatic rings. The Morgan fingerprint density at radius 3 is 2.88 bits per heavy atom. The summed E-state index contributed by atoms with van der Waals surface area (Å²) in [7, 11) is 0. The van der Waals surface area contributed by atoms with Crippen LogP contribution < -0.4 is 5.32 Å². The second kappa shape index (κ2) is 7.54.